The Hall–Kier alpha value is -2.92. The lowest BCUT2D eigenvalue weighted by Crippen LogP contribution is -2.49. The normalized spacial score (nSPS) is 11.9. The fraction of sp³-hybridized carbons (Fsp3) is 0.286. The fourth-order valence-corrected chi connectivity index (χ4v) is 4.13. The highest BCUT2D eigenvalue weighted by Gasteiger charge is 2.29. The molecule has 0 saturated heterocycles. The maximum absolute atomic E-state index is 13.7. The van der Waals surface area contributed by atoms with Crippen molar-refractivity contribution in [3.8, 4) is 0 Å². The van der Waals surface area contributed by atoms with Crippen LogP contribution in [0.1, 0.15) is 49.8 Å². The molecule has 1 N–H and O–H groups in total. The molecule has 4 nitrogen and oxygen atoms in total. The number of nitrogens with one attached hydrogen (secondary N) is 1. The second-order valence-electron chi connectivity index (χ2n) is 8.57. The summed E-state index contributed by atoms with van der Waals surface area (Å²) in [7, 11) is 0. The number of halogens is 1. The van der Waals surface area contributed by atoms with Crippen LogP contribution in [-0.2, 0) is 16.1 Å². The van der Waals surface area contributed by atoms with Crippen LogP contribution < -0.4 is 5.32 Å². The summed E-state index contributed by atoms with van der Waals surface area (Å²) in [6, 6.07) is 27.4. The zero-order chi connectivity index (χ0) is 23.8. The van der Waals surface area contributed by atoms with Crippen molar-refractivity contribution in [3.05, 3.63) is 106 Å². The molecule has 0 aliphatic carbocycles. The molecular formula is C28H31BrN2O2. The standard InChI is InChI=1S/C28H31BrN2O2/c1-20(2)30-28(33)21(3)31(19-22-14-16-25(29)17-15-22)27(32)18-26(23-10-6-4-7-11-23)24-12-8-5-9-13-24/h4-17,20-21,26H,18-19H2,1-3H3,(H,30,33)/t21-/m1/s1. The van der Waals surface area contributed by atoms with Crippen LogP contribution in [0.25, 0.3) is 0 Å². The van der Waals surface area contributed by atoms with Crippen LogP contribution in [0, 0.1) is 0 Å². The van der Waals surface area contributed by atoms with Gasteiger partial charge in [-0.3, -0.25) is 9.59 Å². The summed E-state index contributed by atoms with van der Waals surface area (Å²) in [5.41, 5.74) is 3.14. The Morgan fingerprint density at radius 3 is 1.82 bits per heavy atom. The van der Waals surface area contributed by atoms with E-state index >= 15 is 0 Å². The Labute approximate surface area is 205 Å². The number of rotatable bonds is 9. The van der Waals surface area contributed by atoms with Gasteiger partial charge >= 0.3 is 0 Å². The molecule has 0 bridgehead atoms. The SMILES string of the molecule is CC(C)NC(=O)[C@@H](C)N(Cc1ccc(Br)cc1)C(=O)CC(c1ccccc1)c1ccccc1. The van der Waals surface area contributed by atoms with Gasteiger partial charge in [-0.25, -0.2) is 0 Å². The molecule has 3 aromatic carbocycles. The highest BCUT2D eigenvalue weighted by molar-refractivity contribution is 9.10. The van der Waals surface area contributed by atoms with Crippen molar-refractivity contribution < 1.29 is 9.59 Å². The summed E-state index contributed by atoms with van der Waals surface area (Å²) in [5, 5.41) is 2.95. The van der Waals surface area contributed by atoms with Crippen molar-refractivity contribution in [2.75, 3.05) is 0 Å². The average Bonchev–Trinajstić information content (AvgIpc) is 2.82. The molecule has 33 heavy (non-hydrogen) atoms. The van der Waals surface area contributed by atoms with Gasteiger partial charge in [0.15, 0.2) is 0 Å². The van der Waals surface area contributed by atoms with Gasteiger partial charge < -0.3 is 10.2 Å². The minimum atomic E-state index is -0.587. The predicted octanol–water partition coefficient (Wildman–Crippen LogP) is 5.91. The van der Waals surface area contributed by atoms with Gasteiger partial charge in [0.05, 0.1) is 0 Å². The van der Waals surface area contributed by atoms with Gasteiger partial charge in [-0.05, 0) is 49.6 Å². The van der Waals surface area contributed by atoms with Crippen LogP contribution in [0.4, 0.5) is 0 Å². The van der Waals surface area contributed by atoms with Crippen LogP contribution >= 0.6 is 15.9 Å². The van der Waals surface area contributed by atoms with Gasteiger partial charge in [0.25, 0.3) is 0 Å². The molecule has 0 saturated carbocycles. The summed E-state index contributed by atoms with van der Waals surface area (Å²) in [6.07, 6.45) is 0.282. The van der Waals surface area contributed by atoms with Crippen LogP contribution in [0.5, 0.6) is 0 Å². The summed E-state index contributed by atoms with van der Waals surface area (Å²) in [6.45, 7) is 6.02. The van der Waals surface area contributed by atoms with E-state index in [0.717, 1.165) is 21.2 Å². The fourth-order valence-electron chi connectivity index (χ4n) is 3.86. The van der Waals surface area contributed by atoms with Gasteiger partial charge in [0.2, 0.25) is 11.8 Å². The van der Waals surface area contributed by atoms with E-state index in [2.05, 4.69) is 45.5 Å². The maximum atomic E-state index is 13.7. The van der Waals surface area contributed by atoms with E-state index in [1.165, 1.54) is 0 Å². The molecule has 0 spiro atoms. The number of hydrogen-bond acceptors (Lipinski definition) is 2. The molecule has 0 aliphatic heterocycles. The number of amides is 2. The topological polar surface area (TPSA) is 49.4 Å². The first-order valence-corrected chi connectivity index (χ1v) is 12.1. The van der Waals surface area contributed by atoms with Gasteiger partial charge in [-0.2, -0.15) is 0 Å². The molecule has 3 rings (SSSR count). The first-order chi connectivity index (χ1) is 15.8. The lowest BCUT2D eigenvalue weighted by Gasteiger charge is -2.31. The molecule has 0 aliphatic rings. The molecule has 0 fully saturated rings. The van der Waals surface area contributed by atoms with Crippen LogP contribution in [-0.4, -0.2) is 28.8 Å². The van der Waals surface area contributed by atoms with Crippen molar-refractivity contribution in [3.63, 3.8) is 0 Å². The van der Waals surface area contributed by atoms with Crippen molar-refractivity contribution in [2.45, 2.75) is 51.7 Å². The Bertz CT molecular complexity index is 997. The highest BCUT2D eigenvalue weighted by Crippen LogP contribution is 2.29. The van der Waals surface area contributed by atoms with E-state index < -0.39 is 6.04 Å². The number of benzene rings is 3. The molecule has 0 radical (unpaired) electrons. The molecular weight excluding hydrogens is 476 g/mol. The van der Waals surface area contributed by atoms with E-state index in [1.54, 1.807) is 11.8 Å². The zero-order valence-electron chi connectivity index (χ0n) is 19.4. The van der Waals surface area contributed by atoms with Gasteiger partial charge in [0.1, 0.15) is 6.04 Å². The minimum Gasteiger partial charge on any atom is -0.352 e. The van der Waals surface area contributed by atoms with Crippen molar-refractivity contribution in [2.24, 2.45) is 0 Å². The van der Waals surface area contributed by atoms with Crippen molar-refractivity contribution in [1.29, 1.82) is 0 Å². The third-order valence-corrected chi connectivity index (χ3v) is 6.18. The molecule has 1 atom stereocenters. The molecule has 0 heterocycles. The van der Waals surface area contributed by atoms with Crippen LogP contribution in [0.2, 0.25) is 0 Å². The zero-order valence-corrected chi connectivity index (χ0v) is 21.0. The number of nitrogens with zero attached hydrogens (tertiary/aromatic N) is 1. The second kappa shape index (κ2) is 11.8. The maximum Gasteiger partial charge on any atom is 0.242 e. The molecule has 5 heteroatoms. The molecule has 3 aromatic rings. The quantitative estimate of drug-likeness (QED) is 0.391. The number of hydrogen-bond donors (Lipinski definition) is 1. The monoisotopic (exact) mass is 506 g/mol. The van der Waals surface area contributed by atoms with Gasteiger partial charge in [-0.15, -0.1) is 0 Å². The summed E-state index contributed by atoms with van der Waals surface area (Å²) in [4.78, 5) is 28.3. The van der Waals surface area contributed by atoms with Gasteiger partial charge in [-0.1, -0.05) is 88.7 Å². The third kappa shape index (κ3) is 7.03. The van der Waals surface area contributed by atoms with E-state index in [1.807, 2.05) is 74.5 Å². The summed E-state index contributed by atoms with van der Waals surface area (Å²) in [5.74, 6) is -0.291. The molecule has 172 valence electrons. The largest absolute Gasteiger partial charge is 0.352 e. The Morgan fingerprint density at radius 2 is 1.33 bits per heavy atom. The van der Waals surface area contributed by atoms with Crippen molar-refractivity contribution >= 4 is 27.7 Å². The van der Waals surface area contributed by atoms with Crippen LogP contribution in [0.3, 0.4) is 0 Å². The predicted molar refractivity (Wildman–Crippen MR) is 137 cm³/mol. The number of carbonyl (C=O) groups excluding carboxylic acids is 2. The van der Waals surface area contributed by atoms with E-state index in [-0.39, 0.29) is 30.2 Å². The van der Waals surface area contributed by atoms with Crippen molar-refractivity contribution in [1.82, 2.24) is 10.2 Å². The average molecular weight is 507 g/mol. The Morgan fingerprint density at radius 1 is 0.818 bits per heavy atom. The lowest BCUT2D eigenvalue weighted by atomic mass is 9.88. The smallest absolute Gasteiger partial charge is 0.242 e. The van der Waals surface area contributed by atoms with Crippen LogP contribution in [0.15, 0.2) is 89.4 Å². The summed E-state index contributed by atoms with van der Waals surface area (Å²) < 4.78 is 0.975. The third-order valence-electron chi connectivity index (χ3n) is 5.65. The second-order valence-corrected chi connectivity index (χ2v) is 9.48. The molecule has 0 unspecified atom stereocenters. The number of carbonyl (C=O) groups is 2. The first-order valence-electron chi connectivity index (χ1n) is 11.3. The Balaban J connectivity index is 1.91. The first kappa shape index (κ1) is 24.7. The minimum absolute atomic E-state index is 0.00553. The highest BCUT2D eigenvalue weighted by atomic mass is 79.9. The molecule has 0 aromatic heterocycles. The Kier molecular flexibility index (Phi) is 8.84. The summed E-state index contributed by atoms with van der Waals surface area (Å²) >= 11 is 3.46. The van der Waals surface area contributed by atoms with E-state index in [0.29, 0.717) is 6.54 Å². The lowest BCUT2D eigenvalue weighted by molar-refractivity contribution is -0.141. The van der Waals surface area contributed by atoms with Gasteiger partial charge in [0, 0.05) is 29.4 Å². The molecule has 2 amide bonds. The van der Waals surface area contributed by atoms with E-state index in [9.17, 15) is 9.59 Å². The van der Waals surface area contributed by atoms with E-state index in [4.69, 9.17) is 0 Å².